The summed E-state index contributed by atoms with van der Waals surface area (Å²) in [5.41, 5.74) is 2.47. The van der Waals surface area contributed by atoms with Crippen LogP contribution in [0, 0.1) is 0 Å². The normalized spacial score (nSPS) is 20.3. The molecule has 0 aliphatic carbocycles. The number of carbonyl (C=O) groups excluding carboxylic acids is 1. The Bertz CT molecular complexity index is 507. The van der Waals surface area contributed by atoms with Gasteiger partial charge < -0.3 is 15.4 Å². The van der Waals surface area contributed by atoms with E-state index < -0.39 is 0 Å². The minimum atomic E-state index is 0. The summed E-state index contributed by atoms with van der Waals surface area (Å²) in [6.45, 7) is 8.35. The van der Waals surface area contributed by atoms with E-state index in [1.807, 2.05) is 13.1 Å². The van der Waals surface area contributed by atoms with E-state index in [1.54, 1.807) is 0 Å². The molecule has 1 saturated heterocycles. The minimum Gasteiger partial charge on any atom is -0.373 e. The van der Waals surface area contributed by atoms with Crippen LogP contribution >= 0.6 is 24.8 Å². The smallest absolute Gasteiger partial charge is 0.221 e. The van der Waals surface area contributed by atoms with Crippen LogP contribution in [0.4, 0.5) is 0 Å². The first kappa shape index (κ1) is 24.1. The van der Waals surface area contributed by atoms with Gasteiger partial charge in [-0.2, -0.15) is 0 Å². The van der Waals surface area contributed by atoms with Crippen LogP contribution in [0.5, 0.6) is 0 Å². The van der Waals surface area contributed by atoms with Crippen molar-refractivity contribution < 1.29 is 9.53 Å². The van der Waals surface area contributed by atoms with Gasteiger partial charge in [-0.05, 0) is 32.0 Å². The number of ether oxygens (including phenoxy) is 1. The van der Waals surface area contributed by atoms with E-state index in [-0.39, 0.29) is 42.9 Å². The summed E-state index contributed by atoms with van der Waals surface area (Å²) in [4.78, 5) is 14.2. The summed E-state index contributed by atoms with van der Waals surface area (Å²) in [5.74, 6) is 0.0859. The molecule has 0 saturated carbocycles. The highest BCUT2D eigenvalue weighted by molar-refractivity contribution is 5.85. The average Bonchev–Trinajstić information content (AvgIpc) is 2.51. The molecule has 1 amide bonds. The first-order valence-electron chi connectivity index (χ1n) is 8.44. The number of amides is 1. The number of hydrogen-bond acceptors (Lipinski definition) is 4. The van der Waals surface area contributed by atoms with Crippen molar-refractivity contribution in [3.8, 4) is 0 Å². The van der Waals surface area contributed by atoms with Gasteiger partial charge in [0.05, 0.1) is 12.2 Å². The van der Waals surface area contributed by atoms with E-state index in [9.17, 15) is 4.79 Å². The van der Waals surface area contributed by atoms with Crippen molar-refractivity contribution in [3.05, 3.63) is 35.4 Å². The fourth-order valence-corrected chi connectivity index (χ4v) is 3.06. The molecule has 1 heterocycles. The lowest BCUT2D eigenvalue weighted by molar-refractivity contribution is -0.121. The molecule has 5 nitrogen and oxygen atoms in total. The van der Waals surface area contributed by atoms with E-state index in [0.29, 0.717) is 19.5 Å². The minimum absolute atomic E-state index is 0. The highest BCUT2D eigenvalue weighted by Gasteiger charge is 2.22. The van der Waals surface area contributed by atoms with Gasteiger partial charge in [-0.1, -0.05) is 24.3 Å². The summed E-state index contributed by atoms with van der Waals surface area (Å²) < 4.78 is 5.80. The molecule has 0 bridgehead atoms. The summed E-state index contributed by atoms with van der Waals surface area (Å²) >= 11 is 0. The maximum Gasteiger partial charge on any atom is 0.221 e. The zero-order chi connectivity index (χ0) is 16.7. The molecule has 25 heavy (non-hydrogen) atoms. The molecule has 144 valence electrons. The fraction of sp³-hybridized carbons (Fsp3) is 0.611. The molecule has 1 aromatic rings. The summed E-state index contributed by atoms with van der Waals surface area (Å²) in [6.07, 6.45) is 1.05. The Labute approximate surface area is 163 Å². The zero-order valence-electron chi connectivity index (χ0n) is 15.3. The molecule has 2 rings (SSSR count). The number of halogens is 2. The van der Waals surface area contributed by atoms with Gasteiger partial charge in [-0.15, -0.1) is 24.8 Å². The van der Waals surface area contributed by atoms with Crippen LogP contribution in [-0.2, 0) is 22.6 Å². The Hall–Kier alpha value is -0.850. The molecule has 1 aliphatic heterocycles. The Morgan fingerprint density at radius 2 is 1.76 bits per heavy atom. The number of carbonyl (C=O) groups is 1. The largest absolute Gasteiger partial charge is 0.373 e. The summed E-state index contributed by atoms with van der Waals surface area (Å²) in [6, 6.07) is 8.35. The van der Waals surface area contributed by atoms with Gasteiger partial charge in [0.2, 0.25) is 5.91 Å². The maximum atomic E-state index is 11.8. The van der Waals surface area contributed by atoms with E-state index >= 15 is 0 Å². The summed E-state index contributed by atoms with van der Waals surface area (Å²) in [7, 11) is 1.85. The van der Waals surface area contributed by atoms with Crippen LogP contribution < -0.4 is 10.6 Å². The quantitative estimate of drug-likeness (QED) is 0.748. The molecule has 1 fully saturated rings. The Kier molecular flexibility index (Phi) is 12.1. The number of rotatable bonds is 7. The molecule has 1 aromatic carbocycles. The average molecular weight is 392 g/mol. The monoisotopic (exact) mass is 391 g/mol. The molecule has 2 N–H and O–H groups in total. The lowest BCUT2D eigenvalue weighted by Gasteiger charge is -2.35. The van der Waals surface area contributed by atoms with Crippen LogP contribution in [-0.4, -0.2) is 49.7 Å². The van der Waals surface area contributed by atoms with Crippen LogP contribution in [0.3, 0.4) is 0 Å². The Morgan fingerprint density at radius 3 is 2.36 bits per heavy atom. The van der Waals surface area contributed by atoms with Gasteiger partial charge in [-0.3, -0.25) is 9.69 Å². The molecule has 0 spiro atoms. The number of nitrogens with one attached hydrogen (secondary N) is 2. The second-order valence-corrected chi connectivity index (χ2v) is 6.35. The molecule has 0 radical (unpaired) electrons. The topological polar surface area (TPSA) is 53.6 Å². The highest BCUT2D eigenvalue weighted by Crippen LogP contribution is 2.17. The van der Waals surface area contributed by atoms with E-state index in [4.69, 9.17) is 4.74 Å². The van der Waals surface area contributed by atoms with E-state index in [0.717, 1.165) is 19.6 Å². The second-order valence-electron chi connectivity index (χ2n) is 6.35. The number of benzene rings is 1. The van der Waals surface area contributed by atoms with Gasteiger partial charge in [0, 0.05) is 39.1 Å². The van der Waals surface area contributed by atoms with Crippen molar-refractivity contribution in [3.63, 3.8) is 0 Å². The Morgan fingerprint density at radius 1 is 1.16 bits per heavy atom. The van der Waals surface area contributed by atoms with Gasteiger partial charge in [0.1, 0.15) is 0 Å². The predicted octanol–water partition coefficient (Wildman–Crippen LogP) is 2.37. The highest BCUT2D eigenvalue weighted by atomic mass is 35.5. The molecule has 7 heteroatoms. The number of nitrogens with zero attached hydrogens (tertiary/aromatic N) is 1. The molecule has 0 aromatic heterocycles. The molecular formula is C18H31Cl2N3O2. The van der Waals surface area contributed by atoms with Crippen LogP contribution in [0.1, 0.15) is 31.4 Å². The van der Waals surface area contributed by atoms with Crippen molar-refractivity contribution in [2.24, 2.45) is 0 Å². The number of morpholine rings is 1. The van der Waals surface area contributed by atoms with Crippen molar-refractivity contribution in [2.75, 3.05) is 26.7 Å². The Balaban J connectivity index is 0.00000288. The van der Waals surface area contributed by atoms with Crippen LogP contribution in [0.25, 0.3) is 0 Å². The van der Waals surface area contributed by atoms with E-state index in [2.05, 4.69) is 47.6 Å². The first-order valence-corrected chi connectivity index (χ1v) is 8.44. The third kappa shape index (κ3) is 8.38. The van der Waals surface area contributed by atoms with Gasteiger partial charge in [0.15, 0.2) is 0 Å². The second kappa shape index (κ2) is 12.5. The third-order valence-electron chi connectivity index (χ3n) is 4.09. The molecule has 2 unspecified atom stereocenters. The predicted molar refractivity (Wildman–Crippen MR) is 107 cm³/mol. The number of hydrogen-bond donors (Lipinski definition) is 2. The first-order chi connectivity index (χ1) is 11.1. The lowest BCUT2D eigenvalue weighted by atomic mass is 10.1. The molecule has 1 aliphatic rings. The SMILES string of the molecule is CNCCC(=O)NCc1ccccc1CN1CC(C)OC(C)C1.Cl.Cl. The van der Waals surface area contributed by atoms with Crippen LogP contribution in [0.15, 0.2) is 24.3 Å². The van der Waals surface area contributed by atoms with Gasteiger partial charge in [0.25, 0.3) is 0 Å². The van der Waals surface area contributed by atoms with Crippen molar-refractivity contribution >= 4 is 30.7 Å². The fourth-order valence-electron chi connectivity index (χ4n) is 3.06. The third-order valence-corrected chi connectivity index (χ3v) is 4.09. The molecular weight excluding hydrogens is 361 g/mol. The van der Waals surface area contributed by atoms with Gasteiger partial charge >= 0.3 is 0 Å². The van der Waals surface area contributed by atoms with E-state index in [1.165, 1.54) is 11.1 Å². The zero-order valence-corrected chi connectivity index (χ0v) is 16.9. The van der Waals surface area contributed by atoms with Crippen molar-refractivity contribution in [1.29, 1.82) is 0 Å². The summed E-state index contributed by atoms with van der Waals surface area (Å²) in [5, 5.41) is 6.00. The maximum absolute atomic E-state index is 11.8. The molecule has 2 atom stereocenters. The van der Waals surface area contributed by atoms with Crippen LogP contribution in [0.2, 0.25) is 0 Å². The van der Waals surface area contributed by atoms with Crippen molar-refractivity contribution in [1.82, 2.24) is 15.5 Å². The van der Waals surface area contributed by atoms with Gasteiger partial charge in [-0.25, -0.2) is 0 Å². The lowest BCUT2D eigenvalue weighted by Crippen LogP contribution is -2.45. The van der Waals surface area contributed by atoms with Crippen molar-refractivity contribution in [2.45, 2.75) is 45.6 Å². The standard InChI is InChI=1S/C18H29N3O2.2ClH/c1-14-11-21(12-15(2)23-14)13-17-7-5-4-6-16(17)10-20-18(22)8-9-19-3;;/h4-7,14-15,19H,8-13H2,1-3H3,(H,20,22);2*1H.